The summed E-state index contributed by atoms with van der Waals surface area (Å²) in [7, 11) is 0. The summed E-state index contributed by atoms with van der Waals surface area (Å²) < 4.78 is 6.17. The van der Waals surface area contributed by atoms with Crippen molar-refractivity contribution in [2.45, 2.75) is 32.0 Å². The van der Waals surface area contributed by atoms with Crippen LogP contribution in [0.5, 0.6) is 0 Å². The second kappa shape index (κ2) is 6.37. The molecule has 2 nitrogen and oxygen atoms in total. The van der Waals surface area contributed by atoms with Gasteiger partial charge in [0.1, 0.15) is 4.99 Å². The van der Waals surface area contributed by atoms with E-state index in [2.05, 4.69) is 24.3 Å². The largest absolute Gasteiger partial charge is 0.389 e. The monoisotopic (exact) mass is 297 g/mol. The van der Waals surface area contributed by atoms with Gasteiger partial charge in [-0.1, -0.05) is 60.7 Å². The van der Waals surface area contributed by atoms with Crippen LogP contribution in [-0.2, 0) is 17.8 Å². The molecule has 0 radical (unpaired) electrons. The highest BCUT2D eigenvalue weighted by Crippen LogP contribution is 2.33. The highest BCUT2D eigenvalue weighted by molar-refractivity contribution is 7.80. The highest BCUT2D eigenvalue weighted by Gasteiger charge is 2.20. The molecule has 3 rings (SSSR count). The lowest BCUT2D eigenvalue weighted by atomic mass is 9.89. The van der Waals surface area contributed by atoms with Gasteiger partial charge in [-0.25, -0.2) is 0 Å². The van der Waals surface area contributed by atoms with Gasteiger partial charge >= 0.3 is 0 Å². The van der Waals surface area contributed by atoms with Crippen LogP contribution in [0.1, 0.15) is 41.2 Å². The summed E-state index contributed by atoms with van der Waals surface area (Å²) in [6, 6.07) is 16.5. The van der Waals surface area contributed by atoms with Crippen molar-refractivity contribution < 1.29 is 4.74 Å². The van der Waals surface area contributed by atoms with Gasteiger partial charge in [0.15, 0.2) is 0 Å². The number of hydrogen-bond acceptors (Lipinski definition) is 2. The van der Waals surface area contributed by atoms with Crippen LogP contribution < -0.4 is 5.73 Å². The van der Waals surface area contributed by atoms with Crippen molar-refractivity contribution in [2.75, 3.05) is 0 Å². The molecule has 0 spiro atoms. The van der Waals surface area contributed by atoms with E-state index in [4.69, 9.17) is 22.7 Å². The molecule has 1 unspecified atom stereocenters. The van der Waals surface area contributed by atoms with E-state index in [9.17, 15) is 0 Å². The van der Waals surface area contributed by atoms with Gasteiger partial charge in [-0.05, 0) is 36.0 Å². The fraction of sp³-hybridized carbons (Fsp3) is 0.278. The van der Waals surface area contributed by atoms with E-state index in [1.165, 1.54) is 17.5 Å². The lowest BCUT2D eigenvalue weighted by Crippen LogP contribution is -2.15. The number of rotatable bonds is 4. The quantitative estimate of drug-likeness (QED) is 0.869. The van der Waals surface area contributed by atoms with E-state index in [1.54, 1.807) is 0 Å². The molecule has 0 aliphatic heterocycles. The van der Waals surface area contributed by atoms with Gasteiger partial charge in [0.25, 0.3) is 0 Å². The first-order valence-electron chi connectivity index (χ1n) is 7.33. The van der Waals surface area contributed by atoms with Gasteiger partial charge in [0.05, 0.1) is 12.7 Å². The molecule has 0 heterocycles. The van der Waals surface area contributed by atoms with Crippen molar-refractivity contribution in [1.29, 1.82) is 0 Å². The fourth-order valence-electron chi connectivity index (χ4n) is 2.96. The molecule has 2 aromatic rings. The van der Waals surface area contributed by atoms with Crippen molar-refractivity contribution in [3.05, 3.63) is 70.8 Å². The third-order valence-corrected chi connectivity index (χ3v) is 4.26. The summed E-state index contributed by atoms with van der Waals surface area (Å²) in [5, 5.41) is 0. The van der Waals surface area contributed by atoms with Crippen LogP contribution in [-0.4, -0.2) is 4.99 Å². The predicted molar refractivity (Wildman–Crippen MR) is 89.2 cm³/mol. The molecule has 1 aliphatic rings. The molecule has 0 aromatic heterocycles. The maximum atomic E-state index is 6.17. The Balaban J connectivity index is 1.76. The molecular weight excluding hydrogens is 278 g/mol. The van der Waals surface area contributed by atoms with Crippen LogP contribution in [0.3, 0.4) is 0 Å². The van der Waals surface area contributed by atoms with Crippen molar-refractivity contribution >= 4 is 17.2 Å². The summed E-state index contributed by atoms with van der Waals surface area (Å²) in [5.41, 5.74) is 10.5. The minimum absolute atomic E-state index is 0.175. The van der Waals surface area contributed by atoms with Crippen LogP contribution >= 0.6 is 12.2 Å². The molecule has 21 heavy (non-hydrogen) atoms. The summed E-state index contributed by atoms with van der Waals surface area (Å²) in [5.74, 6) is 0. The van der Waals surface area contributed by atoms with Crippen molar-refractivity contribution in [1.82, 2.24) is 0 Å². The van der Waals surface area contributed by atoms with Crippen molar-refractivity contribution in [3.63, 3.8) is 0 Å². The van der Waals surface area contributed by atoms with E-state index in [0.717, 1.165) is 24.0 Å². The Labute approximate surface area is 130 Å². The summed E-state index contributed by atoms with van der Waals surface area (Å²) in [6.07, 6.45) is 3.58. The van der Waals surface area contributed by atoms with Gasteiger partial charge in [-0.2, -0.15) is 0 Å². The van der Waals surface area contributed by atoms with Gasteiger partial charge in [-0.15, -0.1) is 0 Å². The first kappa shape index (κ1) is 14.2. The smallest absolute Gasteiger partial charge is 0.104 e. The Morgan fingerprint density at radius 2 is 1.90 bits per heavy atom. The van der Waals surface area contributed by atoms with E-state index >= 15 is 0 Å². The molecule has 0 fully saturated rings. The average molecular weight is 297 g/mol. The van der Waals surface area contributed by atoms with Gasteiger partial charge in [0.2, 0.25) is 0 Å². The molecule has 0 amide bonds. The number of ether oxygens (including phenoxy) is 1. The standard InChI is InChI=1S/C18H19NOS/c19-18(21)16-10-4-2-7-14(16)12-20-17-11-5-8-13-6-1-3-9-15(13)17/h1-4,6-7,9-10,17H,5,8,11-12H2,(H2,19,21). The number of nitrogens with two attached hydrogens (primary N) is 1. The second-order valence-corrected chi connectivity index (χ2v) is 5.85. The van der Waals surface area contributed by atoms with Crippen LogP contribution in [0.25, 0.3) is 0 Å². The van der Waals surface area contributed by atoms with Crippen LogP contribution in [0.2, 0.25) is 0 Å². The second-order valence-electron chi connectivity index (χ2n) is 5.41. The molecule has 0 saturated heterocycles. The SMILES string of the molecule is NC(=S)c1ccccc1COC1CCCc2ccccc21. The number of fused-ring (bicyclic) bond motifs is 1. The molecule has 2 aromatic carbocycles. The van der Waals surface area contributed by atoms with E-state index < -0.39 is 0 Å². The minimum Gasteiger partial charge on any atom is -0.389 e. The molecule has 0 bridgehead atoms. The predicted octanol–water partition coefficient (Wildman–Crippen LogP) is 3.92. The maximum Gasteiger partial charge on any atom is 0.104 e. The zero-order valence-electron chi connectivity index (χ0n) is 11.9. The molecule has 0 saturated carbocycles. The number of benzene rings is 2. The third kappa shape index (κ3) is 3.14. The average Bonchev–Trinajstić information content (AvgIpc) is 2.53. The number of aryl methyl sites for hydroxylation is 1. The summed E-state index contributed by atoms with van der Waals surface area (Å²) in [4.78, 5) is 0.429. The van der Waals surface area contributed by atoms with E-state index in [0.29, 0.717) is 11.6 Å². The highest BCUT2D eigenvalue weighted by atomic mass is 32.1. The van der Waals surface area contributed by atoms with Crippen molar-refractivity contribution in [2.24, 2.45) is 5.73 Å². The molecule has 1 aliphatic carbocycles. The fourth-order valence-corrected chi connectivity index (χ4v) is 3.16. The zero-order valence-corrected chi connectivity index (χ0v) is 12.7. The van der Waals surface area contributed by atoms with E-state index in [1.807, 2.05) is 24.3 Å². The van der Waals surface area contributed by atoms with Gasteiger partial charge in [0, 0.05) is 5.56 Å². The number of thiocarbonyl (C=S) groups is 1. The van der Waals surface area contributed by atoms with E-state index in [-0.39, 0.29) is 6.10 Å². The third-order valence-electron chi connectivity index (χ3n) is 4.04. The maximum absolute atomic E-state index is 6.17. The Morgan fingerprint density at radius 3 is 2.76 bits per heavy atom. The summed E-state index contributed by atoms with van der Waals surface area (Å²) in [6.45, 7) is 0.548. The van der Waals surface area contributed by atoms with Crippen molar-refractivity contribution in [3.8, 4) is 0 Å². The molecule has 2 N–H and O–H groups in total. The minimum atomic E-state index is 0.175. The number of hydrogen-bond donors (Lipinski definition) is 1. The van der Waals surface area contributed by atoms with Gasteiger partial charge < -0.3 is 10.5 Å². The Kier molecular flexibility index (Phi) is 4.32. The Bertz CT molecular complexity index is 653. The lowest BCUT2D eigenvalue weighted by molar-refractivity contribution is 0.0282. The zero-order chi connectivity index (χ0) is 14.7. The first-order valence-corrected chi connectivity index (χ1v) is 7.73. The lowest BCUT2D eigenvalue weighted by Gasteiger charge is -2.26. The molecule has 3 heteroatoms. The molecule has 1 atom stereocenters. The van der Waals surface area contributed by atoms with Crippen LogP contribution in [0.15, 0.2) is 48.5 Å². The van der Waals surface area contributed by atoms with Crippen LogP contribution in [0, 0.1) is 0 Å². The molecular formula is C18H19NOS. The van der Waals surface area contributed by atoms with Gasteiger partial charge in [-0.3, -0.25) is 0 Å². The summed E-state index contributed by atoms with van der Waals surface area (Å²) >= 11 is 5.11. The Morgan fingerprint density at radius 1 is 1.14 bits per heavy atom. The topological polar surface area (TPSA) is 35.2 Å². The van der Waals surface area contributed by atoms with Crippen LogP contribution in [0.4, 0.5) is 0 Å². The Hall–Kier alpha value is -1.71. The normalized spacial score (nSPS) is 17.2. The first-order chi connectivity index (χ1) is 10.3. The molecule has 108 valence electrons.